The van der Waals surface area contributed by atoms with Crippen LogP contribution < -0.4 is 9.31 Å². The van der Waals surface area contributed by atoms with E-state index in [0.29, 0.717) is 0 Å². The zero-order valence-corrected chi connectivity index (χ0v) is 11.2. The van der Waals surface area contributed by atoms with Crippen LogP contribution in [0, 0.1) is 0 Å². The van der Waals surface area contributed by atoms with E-state index in [1.54, 1.807) is 0 Å². The zero-order chi connectivity index (χ0) is 12.7. The molecule has 1 aliphatic heterocycles. The summed E-state index contributed by atoms with van der Waals surface area (Å²) in [7, 11) is -0.215. The number of para-hydroxylation sites is 2. The van der Waals surface area contributed by atoms with Gasteiger partial charge in [0.15, 0.2) is 0 Å². The average molecular weight is 232 g/mol. The average Bonchev–Trinajstić information content (AvgIpc) is 2.81. The molecule has 2 rings (SSSR count). The molecule has 1 heterocycles. The summed E-state index contributed by atoms with van der Waals surface area (Å²) in [5, 5.41) is 0. The van der Waals surface area contributed by atoms with Crippen molar-refractivity contribution in [2.24, 2.45) is 0 Å². The number of hydrogen-bond acceptors (Lipinski definition) is 2. The molecular weight excluding hydrogens is 211 g/mol. The molecule has 0 spiro atoms. The van der Waals surface area contributed by atoms with E-state index in [9.17, 15) is 0 Å². The van der Waals surface area contributed by atoms with Crippen LogP contribution in [0.1, 0.15) is 40.5 Å². The number of hydrogen-bond donors (Lipinski definition) is 0. The van der Waals surface area contributed by atoms with Crippen LogP contribution in [0.5, 0.6) is 11.5 Å². The van der Waals surface area contributed by atoms with E-state index >= 15 is 0 Å². The van der Waals surface area contributed by atoms with E-state index in [2.05, 4.69) is 19.9 Å². The van der Waals surface area contributed by atoms with Crippen LogP contribution >= 0.6 is 0 Å². The van der Waals surface area contributed by atoms with Crippen molar-refractivity contribution < 1.29 is 9.31 Å². The first-order valence-electron chi connectivity index (χ1n) is 6.46. The molecule has 3 heteroatoms. The van der Waals surface area contributed by atoms with Gasteiger partial charge in [0.25, 0.3) is 0 Å². The Kier molecular flexibility index (Phi) is 5.68. The molecule has 17 heavy (non-hydrogen) atoms. The lowest BCUT2D eigenvalue weighted by atomic mass is 9.76. The SMILES string of the molecule is CC.CC/C=C(\CC)B1Oc2ccccc2O1. The molecule has 0 radical (unpaired) electrons. The summed E-state index contributed by atoms with van der Waals surface area (Å²) in [6, 6.07) is 7.79. The molecular formula is C14H21BO2. The number of fused-ring (bicyclic) bond motifs is 1. The Morgan fingerprint density at radius 3 is 2.06 bits per heavy atom. The highest BCUT2D eigenvalue weighted by molar-refractivity contribution is 6.56. The summed E-state index contributed by atoms with van der Waals surface area (Å²) in [5.41, 5.74) is 1.22. The summed E-state index contributed by atoms with van der Waals surface area (Å²) in [4.78, 5) is 0. The molecule has 1 aliphatic rings. The Labute approximate surface area is 105 Å². The highest BCUT2D eigenvalue weighted by Crippen LogP contribution is 2.34. The van der Waals surface area contributed by atoms with Gasteiger partial charge < -0.3 is 9.31 Å². The van der Waals surface area contributed by atoms with Crippen molar-refractivity contribution in [2.75, 3.05) is 0 Å². The van der Waals surface area contributed by atoms with Gasteiger partial charge in [-0.15, -0.1) is 0 Å². The molecule has 0 unspecified atom stereocenters. The number of rotatable bonds is 3. The third-order valence-corrected chi connectivity index (χ3v) is 2.49. The fourth-order valence-electron chi connectivity index (χ4n) is 1.72. The first-order chi connectivity index (χ1) is 8.35. The Morgan fingerprint density at radius 1 is 1.12 bits per heavy atom. The molecule has 92 valence electrons. The quantitative estimate of drug-likeness (QED) is 0.725. The van der Waals surface area contributed by atoms with E-state index in [1.807, 2.05) is 38.1 Å². The molecule has 0 saturated carbocycles. The molecule has 0 aromatic heterocycles. The Bertz CT molecular complexity index is 349. The fraction of sp³-hybridized carbons (Fsp3) is 0.429. The van der Waals surface area contributed by atoms with Crippen molar-refractivity contribution in [1.29, 1.82) is 0 Å². The maximum absolute atomic E-state index is 5.72. The van der Waals surface area contributed by atoms with Gasteiger partial charge in [-0.3, -0.25) is 0 Å². The largest absolute Gasteiger partial charge is 0.628 e. The van der Waals surface area contributed by atoms with Crippen molar-refractivity contribution in [1.82, 2.24) is 0 Å². The van der Waals surface area contributed by atoms with Crippen LogP contribution in [0.15, 0.2) is 35.8 Å². The Hall–Kier alpha value is -1.38. The second-order valence-corrected chi connectivity index (χ2v) is 3.56. The lowest BCUT2D eigenvalue weighted by molar-refractivity contribution is 0.508. The molecule has 0 saturated heterocycles. The first-order valence-corrected chi connectivity index (χ1v) is 6.46. The van der Waals surface area contributed by atoms with Gasteiger partial charge in [-0.05, 0) is 30.4 Å². The van der Waals surface area contributed by atoms with Crippen LogP contribution in [0.4, 0.5) is 0 Å². The van der Waals surface area contributed by atoms with Crippen LogP contribution in [0.3, 0.4) is 0 Å². The van der Waals surface area contributed by atoms with Crippen molar-refractivity contribution in [3.8, 4) is 11.5 Å². The molecule has 0 N–H and O–H groups in total. The van der Waals surface area contributed by atoms with Gasteiger partial charge in [-0.1, -0.05) is 45.9 Å². The molecule has 2 nitrogen and oxygen atoms in total. The highest BCUT2D eigenvalue weighted by Gasteiger charge is 2.34. The monoisotopic (exact) mass is 232 g/mol. The summed E-state index contributed by atoms with van der Waals surface area (Å²) in [6.45, 7) is 8.24. The number of allylic oxidation sites excluding steroid dienone is 2. The standard InChI is InChI=1S/C12H15BO2.C2H6/c1-3-7-10(4-2)13-14-11-8-5-6-9-12(11)15-13;1-2/h5-9H,3-4H2,1-2H3;1-2H3/b10-7+;. The highest BCUT2D eigenvalue weighted by atomic mass is 16.6. The minimum absolute atomic E-state index is 0.215. The van der Waals surface area contributed by atoms with E-state index in [-0.39, 0.29) is 7.12 Å². The Balaban J connectivity index is 0.000000686. The summed E-state index contributed by atoms with van der Waals surface area (Å²) in [5.74, 6) is 1.69. The van der Waals surface area contributed by atoms with Crippen molar-refractivity contribution in [2.45, 2.75) is 40.5 Å². The van der Waals surface area contributed by atoms with Crippen molar-refractivity contribution in [3.63, 3.8) is 0 Å². The smallest absolute Gasteiger partial charge is 0.519 e. The van der Waals surface area contributed by atoms with Gasteiger partial charge in [0, 0.05) is 0 Å². The Morgan fingerprint density at radius 2 is 1.65 bits per heavy atom. The zero-order valence-electron chi connectivity index (χ0n) is 11.2. The van der Waals surface area contributed by atoms with Gasteiger partial charge in [-0.25, -0.2) is 0 Å². The van der Waals surface area contributed by atoms with Crippen LogP contribution in [-0.4, -0.2) is 7.12 Å². The summed E-state index contributed by atoms with van der Waals surface area (Å²) >= 11 is 0. The first kappa shape index (κ1) is 13.7. The second kappa shape index (κ2) is 7.05. The second-order valence-electron chi connectivity index (χ2n) is 3.56. The molecule has 1 aromatic rings. The predicted molar refractivity (Wildman–Crippen MR) is 73.5 cm³/mol. The maximum atomic E-state index is 5.72. The van der Waals surface area contributed by atoms with Gasteiger partial charge in [0.1, 0.15) is 11.5 Å². The minimum Gasteiger partial charge on any atom is -0.519 e. The third-order valence-electron chi connectivity index (χ3n) is 2.49. The minimum atomic E-state index is -0.215. The molecule has 0 fully saturated rings. The van der Waals surface area contributed by atoms with Gasteiger partial charge >= 0.3 is 7.12 Å². The van der Waals surface area contributed by atoms with E-state index in [1.165, 1.54) is 5.47 Å². The van der Waals surface area contributed by atoms with Crippen LogP contribution in [0.2, 0.25) is 0 Å². The van der Waals surface area contributed by atoms with Gasteiger partial charge in [0.05, 0.1) is 0 Å². The van der Waals surface area contributed by atoms with Crippen molar-refractivity contribution in [3.05, 3.63) is 35.8 Å². The summed E-state index contributed by atoms with van der Waals surface area (Å²) < 4.78 is 11.4. The summed E-state index contributed by atoms with van der Waals surface area (Å²) in [6.07, 6.45) is 4.16. The lowest BCUT2D eigenvalue weighted by Crippen LogP contribution is -2.27. The van der Waals surface area contributed by atoms with E-state index < -0.39 is 0 Å². The third kappa shape index (κ3) is 3.29. The molecule has 0 amide bonds. The molecule has 0 bridgehead atoms. The van der Waals surface area contributed by atoms with E-state index in [4.69, 9.17) is 9.31 Å². The molecule has 0 aliphatic carbocycles. The molecule has 1 aromatic carbocycles. The predicted octanol–water partition coefficient (Wildman–Crippen LogP) is 4.26. The van der Waals surface area contributed by atoms with Gasteiger partial charge in [-0.2, -0.15) is 0 Å². The number of benzene rings is 1. The van der Waals surface area contributed by atoms with E-state index in [0.717, 1.165) is 24.3 Å². The van der Waals surface area contributed by atoms with Crippen LogP contribution in [-0.2, 0) is 0 Å². The lowest BCUT2D eigenvalue weighted by Gasteiger charge is -2.06. The maximum Gasteiger partial charge on any atom is 0.628 e. The van der Waals surface area contributed by atoms with Crippen molar-refractivity contribution >= 4 is 7.12 Å². The normalized spacial score (nSPS) is 13.2. The molecule has 0 atom stereocenters. The van der Waals surface area contributed by atoms with Crippen LogP contribution in [0.25, 0.3) is 0 Å². The fourth-order valence-corrected chi connectivity index (χ4v) is 1.72. The van der Waals surface area contributed by atoms with Gasteiger partial charge in [0.2, 0.25) is 0 Å². The topological polar surface area (TPSA) is 18.5 Å².